The zero-order valence-corrected chi connectivity index (χ0v) is 13.7. The Kier molecular flexibility index (Phi) is 4.29. The van der Waals surface area contributed by atoms with Crippen molar-refractivity contribution in [3.8, 4) is 11.1 Å². The zero-order valence-electron chi connectivity index (χ0n) is 13.7. The molecule has 3 aromatic rings. The van der Waals surface area contributed by atoms with Gasteiger partial charge >= 0.3 is 0 Å². The Morgan fingerprint density at radius 1 is 1.00 bits per heavy atom. The van der Waals surface area contributed by atoms with Gasteiger partial charge in [-0.15, -0.1) is 0 Å². The van der Waals surface area contributed by atoms with Crippen LogP contribution in [0.4, 0.5) is 17.2 Å². The quantitative estimate of drug-likeness (QED) is 0.695. The van der Waals surface area contributed by atoms with Crippen LogP contribution in [-0.4, -0.2) is 11.3 Å². The van der Waals surface area contributed by atoms with Crippen LogP contribution in [-0.2, 0) is 0 Å². The highest BCUT2D eigenvalue weighted by molar-refractivity contribution is 5.93. The molecule has 0 amide bonds. The average Bonchev–Trinajstić information content (AvgIpc) is 2.58. The van der Waals surface area contributed by atoms with Crippen LogP contribution in [0.15, 0.2) is 54.6 Å². The molecule has 1 aromatic heterocycles. The first-order valence-corrected chi connectivity index (χ1v) is 7.74. The highest BCUT2D eigenvalue weighted by atomic mass is 16.1. The van der Waals surface area contributed by atoms with Gasteiger partial charge in [-0.1, -0.05) is 42.5 Å². The lowest BCUT2D eigenvalue weighted by Gasteiger charge is -2.16. The maximum absolute atomic E-state index is 11.4. The number of carbonyl (C=O) groups is 1. The number of rotatable bonds is 4. The fourth-order valence-corrected chi connectivity index (χ4v) is 2.84. The predicted octanol–water partition coefficient (Wildman–Crippen LogP) is 4.50. The van der Waals surface area contributed by atoms with Crippen LogP contribution in [0.5, 0.6) is 0 Å². The molecule has 0 spiro atoms. The van der Waals surface area contributed by atoms with Gasteiger partial charge in [0.05, 0.1) is 5.69 Å². The molecule has 3 N–H and O–H groups in total. The van der Waals surface area contributed by atoms with E-state index < -0.39 is 0 Å². The number of hydrogen-bond acceptors (Lipinski definition) is 4. The summed E-state index contributed by atoms with van der Waals surface area (Å²) in [7, 11) is 0. The standard InChI is InChI=1S/C20H19N3O/c1-13-11-14(2)22-20(21)19(13)23-18-10-6-5-9-17(18)16-8-4-3-7-15(16)12-24/h3-12,23H,1-2H3,(H2,21,22). The van der Waals surface area contributed by atoms with Crippen LogP contribution in [0.25, 0.3) is 11.1 Å². The molecule has 0 bridgehead atoms. The molecule has 2 aromatic carbocycles. The van der Waals surface area contributed by atoms with Crippen LogP contribution in [0.1, 0.15) is 21.6 Å². The van der Waals surface area contributed by atoms with Crippen molar-refractivity contribution >= 4 is 23.5 Å². The van der Waals surface area contributed by atoms with Crippen molar-refractivity contribution in [2.75, 3.05) is 11.1 Å². The Morgan fingerprint density at radius 2 is 1.67 bits per heavy atom. The number of nitrogens with one attached hydrogen (secondary N) is 1. The van der Waals surface area contributed by atoms with Gasteiger partial charge in [0.25, 0.3) is 0 Å². The minimum Gasteiger partial charge on any atom is -0.382 e. The molecule has 0 fully saturated rings. The van der Waals surface area contributed by atoms with Gasteiger partial charge in [-0.05, 0) is 37.1 Å². The molecule has 0 unspecified atom stereocenters. The summed E-state index contributed by atoms with van der Waals surface area (Å²) >= 11 is 0. The lowest BCUT2D eigenvalue weighted by Crippen LogP contribution is -2.03. The summed E-state index contributed by atoms with van der Waals surface area (Å²) < 4.78 is 0. The third-order valence-electron chi connectivity index (χ3n) is 3.94. The number of nitrogens with zero attached hydrogens (tertiary/aromatic N) is 1. The number of hydrogen-bond donors (Lipinski definition) is 2. The number of para-hydroxylation sites is 1. The summed E-state index contributed by atoms with van der Waals surface area (Å²) in [5.74, 6) is 0.464. The fourth-order valence-electron chi connectivity index (χ4n) is 2.84. The van der Waals surface area contributed by atoms with E-state index in [0.29, 0.717) is 11.4 Å². The van der Waals surface area contributed by atoms with Crippen LogP contribution in [0.3, 0.4) is 0 Å². The molecule has 0 aliphatic rings. The molecule has 0 atom stereocenters. The third-order valence-corrected chi connectivity index (χ3v) is 3.94. The van der Waals surface area contributed by atoms with Gasteiger partial charge in [-0.25, -0.2) is 4.98 Å². The van der Waals surface area contributed by atoms with Crippen molar-refractivity contribution in [1.29, 1.82) is 0 Å². The largest absolute Gasteiger partial charge is 0.382 e. The Labute approximate surface area is 141 Å². The molecular weight excluding hydrogens is 298 g/mol. The number of aldehydes is 1. The molecule has 24 heavy (non-hydrogen) atoms. The van der Waals surface area contributed by atoms with E-state index >= 15 is 0 Å². The topological polar surface area (TPSA) is 68.0 Å². The summed E-state index contributed by atoms with van der Waals surface area (Å²) in [6.07, 6.45) is 0.874. The van der Waals surface area contributed by atoms with Crippen LogP contribution < -0.4 is 11.1 Å². The second-order valence-electron chi connectivity index (χ2n) is 5.72. The van der Waals surface area contributed by atoms with Gasteiger partial charge in [0, 0.05) is 22.5 Å². The van der Waals surface area contributed by atoms with Gasteiger partial charge in [0.2, 0.25) is 0 Å². The number of benzene rings is 2. The number of carbonyl (C=O) groups excluding carboxylic acids is 1. The first-order chi connectivity index (χ1) is 11.6. The molecular formula is C20H19N3O. The number of aromatic nitrogens is 1. The Hall–Kier alpha value is -3.14. The van der Waals surface area contributed by atoms with Crippen molar-refractivity contribution in [3.05, 3.63) is 71.4 Å². The van der Waals surface area contributed by atoms with Gasteiger partial charge in [0.1, 0.15) is 5.82 Å². The minimum atomic E-state index is 0.464. The fraction of sp³-hybridized carbons (Fsp3) is 0.100. The summed E-state index contributed by atoms with van der Waals surface area (Å²) in [6.45, 7) is 3.91. The maximum Gasteiger partial charge on any atom is 0.150 e. The average molecular weight is 317 g/mol. The van der Waals surface area contributed by atoms with Crippen molar-refractivity contribution in [1.82, 2.24) is 4.98 Å². The summed E-state index contributed by atoms with van der Waals surface area (Å²) in [5.41, 5.74) is 12.1. The number of nitrogens with two attached hydrogens (primary N) is 1. The number of nitrogen functional groups attached to an aromatic ring is 1. The molecule has 0 saturated carbocycles. The van der Waals surface area contributed by atoms with E-state index in [-0.39, 0.29) is 0 Å². The minimum absolute atomic E-state index is 0.464. The van der Waals surface area contributed by atoms with Crippen molar-refractivity contribution in [2.45, 2.75) is 13.8 Å². The van der Waals surface area contributed by atoms with Crippen molar-refractivity contribution in [2.24, 2.45) is 0 Å². The molecule has 4 nitrogen and oxygen atoms in total. The Bertz CT molecular complexity index is 880. The first kappa shape index (κ1) is 15.7. The number of aryl methyl sites for hydroxylation is 2. The summed E-state index contributed by atoms with van der Waals surface area (Å²) in [4.78, 5) is 15.7. The van der Waals surface area contributed by atoms with Gasteiger partial charge in [-0.3, -0.25) is 4.79 Å². The summed E-state index contributed by atoms with van der Waals surface area (Å²) in [5, 5.41) is 3.38. The molecule has 4 heteroatoms. The maximum atomic E-state index is 11.4. The third kappa shape index (κ3) is 2.99. The smallest absolute Gasteiger partial charge is 0.150 e. The van der Waals surface area contributed by atoms with E-state index in [1.807, 2.05) is 68.4 Å². The van der Waals surface area contributed by atoms with E-state index in [2.05, 4.69) is 10.3 Å². The Morgan fingerprint density at radius 3 is 2.38 bits per heavy atom. The molecule has 0 aliphatic heterocycles. The molecule has 1 heterocycles. The van der Waals surface area contributed by atoms with Crippen LogP contribution >= 0.6 is 0 Å². The monoisotopic (exact) mass is 317 g/mol. The van der Waals surface area contributed by atoms with Crippen molar-refractivity contribution in [3.63, 3.8) is 0 Å². The van der Waals surface area contributed by atoms with Crippen LogP contribution in [0.2, 0.25) is 0 Å². The van der Waals surface area contributed by atoms with Gasteiger partial charge in [-0.2, -0.15) is 0 Å². The number of anilines is 3. The Balaban J connectivity index is 2.10. The lowest BCUT2D eigenvalue weighted by molar-refractivity contribution is 0.112. The highest BCUT2D eigenvalue weighted by Crippen LogP contribution is 2.34. The van der Waals surface area contributed by atoms with Gasteiger partial charge < -0.3 is 11.1 Å². The lowest BCUT2D eigenvalue weighted by atomic mass is 9.98. The van der Waals surface area contributed by atoms with E-state index in [1.165, 1.54) is 0 Å². The molecule has 0 saturated heterocycles. The second-order valence-corrected chi connectivity index (χ2v) is 5.72. The van der Waals surface area contributed by atoms with E-state index in [1.54, 1.807) is 0 Å². The number of pyridine rings is 1. The van der Waals surface area contributed by atoms with E-state index in [9.17, 15) is 4.79 Å². The van der Waals surface area contributed by atoms with Gasteiger partial charge in [0.15, 0.2) is 6.29 Å². The van der Waals surface area contributed by atoms with Crippen LogP contribution in [0, 0.1) is 13.8 Å². The molecule has 0 radical (unpaired) electrons. The predicted molar refractivity (Wildman–Crippen MR) is 98.7 cm³/mol. The first-order valence-electron chi connectivity index (χ1n) is 7.74. The second kappa shape index (κ2) is 6.54. The molecule has 0 aliphatic carbocycles. The molecule has 120 valence electrons. The van der Waals surface area contributed by atoms with E-state index in [4.69, 9.17) is 5.73 Å². The SMILES string of the molecule is Cc1cc(C)c(Nc2ccccc2-c2ccccc2C=O)c(N)n1. The molecule has 3 rings (SSSR count). The zero-order chi connectivity index (χ0) is 17.1. The van der Waals surface area contributed by atoms with Crippen molar-refractivity contribution < 1.29 is 4.79 Å². The normalized spacial score (nSPS) is 10.4. The van der Waals surface area contributed by atoms with E-state index in [0.717, 1.165) is 40.0 Å². The summed E-state index contributed by atoms with van der Waals surface area (Å²) in [6, 6.07) is 17.4. The highest BCUT2D eigenvalue weighted by Gasteiger charge is 2.12.